The molecule has 2 N–H and O–H groups in total. The monoisotopic (exact) mass is 318 g/mol. The minimum Gasteiger partial charge on any atom is -0.389 e. The lowest BCUT2D eigenvalue weighted by Gasteiger charge is -2.34. The summed E-state index contributed by atoms with van der Waals surface area (Å²) in [5.41, 5.74) is 2.18. The first-order valence-electron chi connectivity index (χ1n) is 8.56. The molecule has 2 aliphatic carbocycles. The summed E-state index contributed by atoms with van der Waals surface area (Å²) >= 11 is 0. The average molecular weight is 318 g/mol. The van der Waals surface area contributed by atoms with E-state index in [-0.39, 0.29) is 17.6 Å². The van der Waals surface area contributed by atoms with Crippen molar-refractivity contribution < 1.29 is 15.0 Å². The molecule has 0 saturated heterocycles. The second kappa shape index (κ2) is 6.74. The largest absolute Gasteiger partial charge is 0.389 e. The molecule has 0 bridgehead atoms. The fourth-order valence-electron chi connectivity index (χ4n) is 4.09. The normalized spacial score (nSPS) is 39.4. The van der Waals surface area contributed by atoms with Crippen molar-refractivity contribution in [3.63, 3.8) is 0 Å². The zero-order valence-electron chi connectivity index (χ0n) is 14.6. The van der Waals surface area contributed by atoms with E-state index in [0.717, 1.165) is 12.0 Å². The number of aliphatic hydroxyl groups is 2. The molecule has 2 aliphatic rings. The number of Topliss-reactive ketones (excluding diaryl/α,β-unsaturated/α-hetero) is 1. The highest BCUT2D eigenvalue weighted by Gasteiger charge is 2.51. The standard InChI is InChI=1S/C20H30O3/c1-12(2)15-10-19(23)20(5)9-8-13(3)6-7-17(21)14(4)18(22)11-16(15)20/h8,15-18,21-22H,1,4,6-7,9-11H2,2-3,5H3. The SMILES string of the molecule is C=C1C(O)CCC(C)=CCC2(C)C(=O)CC(C(=C)C)C2CC1O. The van der Waals surface area contributed by atoms with Crippen LogP contribution in [0, 0.1) is 17.3 Å². The number of carbonyl (C=O) groups excluding carboxylic acids is 1. The molecule has 3 nitrogen and oxygen atoms in total. The van der Waals surface area contributed by atoms with Crippen LogP contribution in [0.15, 0.2) is 36.0 Å². The zero-order valence-corrected chi connectivity index (χ0v) is 14.6. The topological polar surface area (TPSA) is 57.5 Å². The number of rotatable bonds is 1. The van der Waals surface area contributed by atoms with E-state index in [1.807, 2.05) is 20.8 Å². The Hall–Kier alpha value is -1.19. The smallest absolute Gasteiger partial charge is 0.139 e. The van der Waals surface area contributed by atoms with Crippen molar-refractivity contribution in [1.29, 1.82) is 0 Å². The van der Waals surface area contributed by atoms with Crippen molar-refractivity contribution in [1.82, 2.24) is 0 Å². The Bertz CT molecular complexity index is 545. The second-order valence-electron chi connectivity index (χ2n) is 7.74. The summed E-state index contributed by atoms with van der Waals surface area (Å²) in [7, 11) is 0. The quantitative estimate of drug-likeness (QED) is 0.727. The van der Waals surface area contributed by atoms with Crippen LogP contribution in [0.2, 0.25) is 0 Å². The van der Waals surface area contributed by atoms with Gasteiger partial charge in [0.2, 0.25) is 0 Å². The molecule has 0 spiro atoms. The van der Waals surface area contributed by atoms with Crippen molar-refractivity contribution in [3.05, 3.63) is 36.0 Å². The van der Waals surface area contributed by atoms with Gasteiger partial charge in [0.25, 0.3) is 0 Å². The molecule has 0 aromatic carbocycles. The molecule has 5 atom stereocenters. The van der Waals surface area contributed by atoms with Gasteiger partial charge in [0.05, 0.1) is 12.2 Å². The van der Waals surface area contributed by atoms with Gasteiger partial charge in [-0.05, 0) is 56.9 Å². The maximum atomic E-state index is 12.7. The number of hydrogen-bond acceptors (Lipinski definition) is 3. The maximum absolute atomic E-state index is 12.7. The summed E-state index contributed by atoms with van der Waals surface area (Å²) in [6.07, 6.45) is 3.65. The van der Waals surface area contributed by atoms with Crippen LogP contribution in [0.25, 0.3) is 0 Å². The number of carbonyl (C=O) groups is 1. The number of allylic oxidation sites excluding steroid dienone is 3. The van der Waals surface area contributed by atoms with Crippen LogP contribution in [-0.4, -0.2) is 28.2 Å². The van der Waals surface area contributed by atoms with E-state index in [4.69, 9.17) is 0 Å². The minimum absolute atomic E-state index is 0.0357. The summed E-state index contributed by atoms with van der Waals surface area (Å²) in [6, 6.07) is 0. The Morgan fingerprint density at radius 2 is 2.00 bits per heavy atom. The van der Waals surface area contributed by atoms with E-state index >= 15 is 0 Å². The van der Waals surface area contributed by atoms with Gasteiger partial charge in [0.15, 0.2) is 0 Å². The van der Waals surface area contributed by atoms with E-state index < -0.39 is 17.6 Å². The van der Waals surface area contributed by atoms with Gasteiger partial charge < -0.3 is 10.2 Å². The number of fused-ring (bicyclic) bond motifs is 1. The van der Waals surface area contributed by atoms with Gasteiger partial charge in [0.1, 0.15) is 5.78 Å². The van der Waals surface area contributed by atoms with Gasteiger partial charge in [-0.1, -0.05) is 37.3 Å². The van der Waals surface area contributed by atoms with Crippen molar-refractivity contribution in [2.45, 2.75) is 65.1 Å². The van der Waals surface area contributed by atoms with Gasteiger partial charge in [0, 0.05) is 11.8 Å². The first kappa shape index (κ1) is 18.2. The number of hydrogen-bond donors (Lipinski definition) is 2. The van der Waals surface area contributed by atoms with Crippen molar-refractivity contribution in [2.24, 2.45) is 17.3 Å². The number of ketones is 1. The highest BCUT2D eigenvalue weighted by atomic mass is 16.3. The third-order valence-corrected chi connectivity index (χ3v) is 6.00. The van der Waals surface area contributed by atoms with Gasteiger partial charge in [-0.15, -0.1) is 0 Å². The molecular weight excluding hydrogens is 288 g/mol. The van der Waals surface area contributed by atoms with Crippen molar-refractivity contribution in [2.75, 3.05) is 0 Å². The molecule has 0 heterocycles. The van der Waals surface area contributed by atoms with E-state index in [1.54, 1.807) is 0 Å². The number of aliphatic hydroxyl groups excluding tert-OH is 2. The molecule has 3 heteroatoms. The van der Waals surface area contributed by atoms with Crippen LogP contribution >= 0.6 is 0 Å². The first-order chi connectivity index (χ1) is 10.7. The fraction of sp³-hybridized carbons (Fsp3) is 0.650. The summed E-state index contributed by atoms with van der Waals surface area (Å²) in [6.45, 7) is 14.0. The fourth-order valence-corrected chi connectivity index (χ4v) is 4.09. The predicted octanol–water partition coefficient (Wildman–Crippen LogP) is 3.57. The van der Waals surface area contributed by atoms with Crippen molar-refractivity contribution >= 4 is 5.78 Å². The van der Waals surface area contributed by atoms with Crippen LogP contribution in [0.5, 0.6) is 0 Å². The molecule has 128 valence electrons. The lowest BCUT2D eigenvalue weighted by atomic mass is 9.70. The molecule has 0 aromatic heterocycles. The van der Waals surface area contributed by atoms with E-state index in [0.29, 0.717) is 31.3 Å². The lowest BCUT2D eigenvalue weighted by Crippen LogP contribution is -2.34. The molecule has 0 amide bonds. The third kappa shape index (κ3) is 3.51. The molecule has 1 saturated carbocycles. The van der Waals surface area contributed by atoms with Gasteiger partial charge in [-0.2, -0.15) is 0 Å². The van der Waals surface area contributed by atoms with E-state index in [9.17, 15) is 15.0 Å². The molecule has 2 rings (SSSR count). The Labute approximate surface area is 139 Å². The predicted molar refractivity (Wildman–Crippen MR) is 92.9 cm³/mol. The van der Waals surface area contributed by atoms with Gasteiger partial charge in [-0.25, -0.2) is 0 Å². The molecule has 1 fully saturated rings. The Kier molecular flexibility index (Phi) is 5.32. The summed E-state index contributed by atoms with van der Waals surface area (Å²) in [5, 5.41) is 20.8. The Morgan fingerprint density at radius 3 is 2.61 bits per heavy atom. The molecular formula is C20H30O3. The minimum atomic E-state index is -0.777. The maximum Gasteiger partial charge on any atom is 0.139 e. The van der Waals surface area contributed by atoms with Crippen LogP contribution in [0.4, 0.5) is 0 Å². The Balaban J connectivity index is 2.42. The van der Waals surface area contributed by atoms with Crippen LogP contribution in [0.1, 0.15) is 52.9 Å². The molecule has 0 radical (unpaired) electrons. The molecule has 0 aromatic rings. The summed E-state index contributed by atoms with van der Waals surface area (Å²) in [5.74, 6) is 0.396. The van der Waals surface area contributed by atoms with Crippen LogP contribution in [-0.2, 0) is 4.79 Å². The van der Waals surface area contributed by atoms with Gasteiger partial charge >= 0.3 is 0 Å². The van der Waals surface area contributed by atoms with Crippen LogP contribution in [0.3, 0.4) is 0 Å². The highest BCUT2D eigenvalue weighted by molar-refractivity contribution is 5.88. The highest BCUT2D eigenvalue weighted by Crippen LogP contribution is 2.52. The van der Waals surface area contributed by atoms with Crippen LogP contribution < -0.4 is 0 Å². The lowest BCUT2D eigenvalue weighted by molar-refractivity contribution is -0.126. The van der Waals surface area contributed by atoms with Gasteiger partial charge in [-0.3, -0.25) is 4.79 Å². The zero-order chi connectivity index (χ0) is 17.4. The Morgan fingerprint density at radius 1 is 1.35 bits per heavy atom. The van der Waals surface area contributed by atoms with Crippen molar-refractivity contribution in [3.8, 4) is 0 Å². The first-order valence-corrected chi connectivity index (χ1v) is 8.56. The second-order valence-corrected chi connectivity index (χ2v) is 7.74. The third-order valence-electron chi connectivity index (χ3n) is 6.00. The van der Waals surface area contributed by atoms with E-state index in [1.165, 1.54) is 5.57 Å². The van der Waals surface area contributed by atoms with E-state index in [2.05, 4.69) is 19.2 Å². The molecule has 5 unspecified atom stereocenters. The molecule has 0 aliphatic heterocycles. The average Bonchev–Trinajstić information content (AvgIpc) is 2.74. The molecule has 23 heavy (non-hydrogen) atoms. The summed E-state index contributed by atoms with van der Waals surface area (Å²) in [4.78, 5) is 12.7. The summed E-state index contributed by atoms with van der Waals surface area (Å²) < 4.78 is 0.